The van der Waals surface area contributed by atoms with Crippen molar-refractivity contribution in [1.29, 1.82) is 0 Å². The molecule has 1 amide bonds. The first-order chi connectivity index (χ1) is 20.7. The maximum atomic E-state index is 13.2. The minimum Gasteiger partial charge on any atom is -0.337 e. The molecule has 3 N–H and O–H groups in total. The Kier molecular flexibility index (Phi) is 6.62. The normalized spacial score (nSPS) is 17.9. The molecule has 2 aliphatic heterocycles. The van der Waals surface area contributed by atoms with Crippen molar-refractivity contribution in [3.63, 3.8) is 0 Å². The second-order valence-corrected chi connectivity index (χ2v) is 12.6. The van der Waals surface area contributed by atoms with Crippen molar-refractivity contribution >= 4 is 34.7 Å². The second-order valence-electron chi connectivity index (χ2n) is 12.6. The van der Waals surface area contributed by atoms with Crippen LogP contribution in [0.1, 0.15) is 48.7 Å². The minimum atomic E-state index is -0.130. The number of nitrogens with one attached hydrogen (secondary N) is 3. The summed E-state index contributed by atoms with van der Waals surface area (Å²) in [5.74, 6) is 1.34. The number of imidazole rings is 1. The molecule has 0 radical (unpaired) electrons. The summed E-state index contributed by atoms with van der Waals surface area (Å²) in [5.41, 5.74) is 7.26. The fourth-order valence-electron chi connectivity index (χ4n) is 6.17. The second kappa shape index (κ2) is 10.5. The van der Waals surface area contributed by atoms with Gasteiger partial charge in [0.1, 0.15) is 5.82 Å². The van der Waals surface area contributed by atoms with Crippen LogP contribution in [-0.4, -0.2) is 50.4 Å². The van der Waals surface area contributed by atoms with Gasteiger partial charge in [-0.05, 0) is 65.8 Å². The Labute approximate surface area is 251 Å². The van der Waals surface area contributed by atoms with E-state index in [9.17, 15) is 4.79 Å². The van der Waals surface area contributed by atoms with E-state index in [-0.39, 0.29) is 11.3 Å². The van der Waals surface area contributed by atoms with E-state index in [1.165, 1.54) is 5.56 Å². The molecule has 9 heteroatoms. The molecule has 0 saturated carbocycles. The van der Waals surface area contributed by atoms with Crippen molar-refractivity contribution in [3.05, 3.63) is 96.1 Å². The lowest BCUT2D eigenvalue weighted by Crippen LogP contribution is -2.44. The quantitative estimate of drug-likeness (QED) is 0.231. The molecule has 9 nitrogen and oxygen atoms in total. The lowest BCUT2D eigenvalue weighted by atomic mass is 9.86. The Bertz CT molecular complexity index is 1820. The van der Waals surface area contributed by atoms with Crippen molar-refractivity contribution in [2.24, 2.45) is 0 Å². The number of hydrogen-bond acceptors (Lipinski definition) is 7. The summed E-state index contributed by atoms with van der Waals surface area (Å²) in [7, 11) is 0. The van der Waals surface area contributed by atoms with E-state index in [1.54, 1.807) is 6.20 Å². The van der Waals surface area contributed by atoms with Gasteiger partial charge in [0.25, 0.3) is 5.91 Å². The van der Waals surface area contributed by atoms with E-state index < -0.39 is 0 Å². The molecule has 7 rings (SSSR count). The van der Waals surface area contributed by atoms with Crippen LogP contribution in [0.25, 0.3) is 16.8 Å². The van der Waals surface area contributed by atoms with Gasteiger partial charge in [-0.1, -0.05) is 45.0 Å². The Hall–Kier alpha value is -4.76. The average molecular weight is 573 g/mol. The standard InChI is InChI=1S/C34H36N8O/c1-21-27(6-5-7-28(21)39-32(43)22-8-10-24(11-9-22)34(2,3)4)23-16-29(31-35-14-15-41(31)19-23)38-30-12-13-36-33(40-30)42-20-25-17-26(42)18-37-25/h5-16,19,25-26,37H,17-18,20H2,1-4H3,(H,39,43)(H,36,38,40)/t25-,26-/m0/s1. The van der Waals surface area contributed by atoms with Gasteiger partial charge >= 0.3 is 0 Å². The largest absolute Gasteiger partial charge is 0.337 e. The molecule has 2 fully saturated rings. The zero-order valence-electron chi connectivity index (χ0n) is 24.9. The Morgan fingerprint density at radius 3 is 2.60 bits per heavy atom. The minimum absolute atomic E-state index is 0.0327. The number of pyridine rings is 1. The molecule has 43 heavy (non-hydrogen) atoms. The van der Waals surface area contributed by atoms with E-state index in [1.807, 2.05) is 66.2 Å². The highest BCUT2D eigenvalue weighted by Crippen LogP contribution is 2.33. The number of hydrogen-bond donors (Lipinski definition) is 3. The van der Waals surface area contributed by atoms with Crippen LogP contribution >= 0.6 is 0 Å². The molecule has 2 saturated heterocycles. The van der Waals surface area contributed by atoms with Gasteiger partial charge < -0.3 is 25.3 Å². The highest BCUT2D eigenvalue weighted by atomic mass is 16.1. The fraction of sp³-hybridized carbons (Fsp3) is 0.294. The fourth-order valence-corrected chi connectivity index (χ4v) is 6.17. The molecule has 5 heterocycles. The molecule has 0 spiro atoms. The molecule has 2 atom stereocenters. The highest BCUT2D eigenvalue weighted by molar-refractivity contribution is 6.05. The van der Waals surface area contributed by atoms with Crippen LogP contribution in [0.2, 0.25) is 0 Å². The van der Waals surface area contributed by atoms with E-state index in [0.29, 0.717) is 17.6 Å². The van der Waals surface area contributed by atoms with Crippen LogP contribution in [0, 0.1) is 6.92 Å². The van der Waals surface area contributed by atoms with Crippen molar-refractivity contribution < 1.29 is 4.79 Å². The number of carbonyl (C=O) groups is 1. The molecular formula is C34H36N8O. The van der Waals surface area contributed by atoms with E-state index in [4.69, 9.17) is 4.98 Å². The van der Waals surface area contributed by atoms with Crippen molar-refractivity contribution in [2.75, 3.05) is 28.6 Å². The van der Waals surface area contributed by atoms with E-state index in [0.717, 1.165) is 65.0 Å². The zero-order valence-corrected chi connectivity index (χ0v) is 24.9. The number of benzene rings is 2. The van der Waals surface area contributed by atoms with Crippen molar-refractivity contribution in [3.8, 4) is 11.1 Å². The third kappa shape index (κ3) is 5.21. The monoisotopic (exact) mass is 572 g/mol. The summed E-state index contributed by atoms with van der Waals surface area (Å²) >= 11 is 0. The average Bonchev–Trinajstić information content (AvgIpc) is 3.76. The first kappa shape index (κ1) is 27.1. The summed E-state index contributed by atoms with van der Waals surface area (Å²) in [6.07, 6.45) is 8.74. The van der Waals surface area contributed by atoms with Gasteiger partial charge in [0.05, 0.1) is 5.69 Å². The van der Waals surface area contributed by atoms with Gasteiger partial charge in [-0.2, -0.15) is 4.98 Å². The summed E-state index contributed by atoms with van der Waals surface area (Å²) in [5, 5.41) is 10.2. The number of anilines is 4. The van der Waals surface area contributed by atoms with E-state index >= 15 is 0 Å². The predicted octanol–water partition coefficient (Wildman–Crippen LogP) is 5.94. The zero-order chi connectivity index (χ0) is 29.7. The number of aromatic nitrogens is 4. The number of nitrogens with zero attached hydrogens (tertiary/aromatic N) is 5. The van der Waals surface area contributed by atoms with Gasteiger partial charge in [0.15, 0.2) is 5.65 Å². The highest BCUT2D eigenvalue weighted by Gasteiger charge is 2.38. The topological polar surface area (TPSA) is 99.5 Å². The summed E-state index contributed by atoms with van der Waals surface area (Å²) in [6.45, 7) is 10.4. The number of carbonyl (C=O) groups excluding carboxylic acids is 1. The Morgan fingerprint density at radius 1 is 1.02 bits per heavy atom. The molecule has 2 bridgehead atoms. The molecule has 218 valence electrons. The lowest BCUT2D eigenvalue weighted by molar-refractivity contribution is 0.102. The third-order valence-electron chi connectivity index (χ3n) is 8.61. The van der Waals surface area contributed by atoms with Gasteiger partial charge in [-0.15, -0.1) is 0 Å². The lowest BCUT2D eigenvalue weighted by Gasteiger charge is -2.27. The van der Waals surface area contributed by atoms with Crippen molar-refractivity contribution in [2.45, 2.75) is 51.6 Å². The summed E-state index contributed by atoms with van der Waals surface area (Å²) < 4.78 is 2.01. The van der Waals surface area contributed by atoms with Crippen LogP contribution in [0.3, 0.4) is 0 Å². The number of rotatable bonds is 6. The van der Waals surface area contributed by atoms with Crippen LogP contribution in [0.4, 0.5) is 23.1 Å². The molecule has 3 aromatic heterocycles. The van der Waals surface area contributed by atoms with Gasteiger partial charge in [0.2, 0.25) is 5.95 Å². The number of fused-ring (bicyclic) bond motifs is 3. The molecule has 0 aliphatic carbocycles. The Balaban J connectivity index is 1.16. The van der Waals surface area contributed by atoms with Crippen LogP contribution in [-0.2, 0) is 5.41 Å². The van der Waals surface area contributed by atoms with Crippen LogP contribution in [0.15, 0.2) is 79.4 Å². The smallest absolute Gasteiger partial charge is 0.255 e. The van der Waals surface area contributed by atoms with Gasteiger partial charge in [0, 0.05) is 66.8 Å². The molecule has 2 aromatic carbocycles. The molecule has 5 aromatic rings. The first-order valence-corrected chi connectivity index (χ1v) is 14.8. The van der Waals surface area contributed by atoms with Crippen LogP contribution in [0.5, 0.6) is 0 Å². The maximum absolute atomic E-state index is 13.2. The third-order valence-corrected chi connectivity index (χ3v) is 8.61. The van der Waals surface area contributed by atoms with Crippen molar-refractivity contribution in [1.82, 2.24) is 24.7 Å². The number of piperazine rings is 1. The van der Waals surface area contributed by atoms with E-state index in [2.05, 4.69) is 69.9 Å². The summed E-state index contributed by atoms with van der Waals surface area (Å²) in [4.78, 5) is 29.5. The van der Waals surface area contributed by atoms with Gasteiger partial charge in [-0.3, -0.25) is 4.79 Å². The first-order valence-electron chi connectivity index (χ1n) is 14.8. The molecular weight excluding hydrogens is 536 g/mol. The predicted molar refractivity (Wildman–Crippen MR) is 171 cm³/mol. The number of amides is 1. The molecule has 0 unspecified atom stereocenters. The SMILES string of the molecule is Cc1c(NC(=O)c2ccc(C(C)(C)C)cc2)cccc1-c1cc(Nc2ccnc(N3C[C@@H]4C[C@H]3CN4)n2)c2nccn2c1. The van der Waals surface area contributed by atoms with Gasteiger partial charge in [-0.25, -0.2) is 9.97 Å². The molecule has 2 aliphatic rings. The maximum Gasteiger partial charge on any atom is 0.255 e. The summed E-state index contributed by atoms with van der Waals surface area (Å²) in [6, 6.07) is 18.8. The Morgan fingerprint density at radius 2 is 1.86 bits per heavy atom. The van der Waals surface area contributed by atoms with Crippen LogP contribution < -0.4 is 20.9 Å².